The summed E-state index contributed by atoms with van der Waals surface area (Å²) in [5, 5.41) is 0.896. The van der Waals surface area contributed by atoms with E-state index in [9.17, 15) is 19.2 Å². The Morgan fingerprint density at radius 1 is 0.681 bits per heavy atom. The molecule has 2 amide bonds. The third-order valence-electron chi connectivity index (χ3n) is 6.68. The summed E-state index contributed by atoms with van der Waals surface area (Å²) < 4.78 is 10.7. The molecule has 8 nitrogen and oxygen atoms in total. The van der Waals surface area contributed by atoms with Gasteiger partial charge in [0.25, 0.3) is 11.8 Å². The minimum absolute atomic E-state index is 0.303. The Kier molecular flexibility index (Phi) is 10.5. The Morgan fingerprint density at radius 3 is 1.81 bits per heavy atom. The second-order valence-electron chi connectivity index (χ2n) is 12.9. The van der Waals surface area contributed by atoms with Crippen LogP contribution >= 0.6 is 23.2 Å². The number of benzene rings is 4. The molecule has 0 radical (unpaired) electrons. The van der Waals surface area contributed by atoms with Crippen molar-refractivity contribution >= 4 is 58.3 Å². The van der Waals surface area contributed by atoms with E-state index in [1.54, 1.807) is 114 Å². The van der Waals surface area contributed by atoms with Crippen molar-refractivity contribution in [3.8, 4) is 0 Å². The smallest absolute Gasteiger partial charge is 0.340 e. The first-order chi connectivity index (χ1) is 21.9. The van der Waals surface area contributed by atoms with E-state index < -0.39 is 23.1 Å². The molecule has 0 unspecified atom stereocenters. The van der Waals surface area contributed by atoms with Crippen molar-refractivity contribution in [2.75, 3.05) is 10.6 Å². The van der Waals surface area contributed by atoms with Gasteiger partial charge in [-0.3, -0.25) is 9.59 Å². The Hall–Kier alpha value is -4.66. The lowest BCUT2D eigenvalue weighted by Gasteiger charge is -2.20. The number of nitrogens with zero attached hydrogens (tertiary/aromatic N) is 1. The van der Waals surface area contributed by atoms with Crippen LogP contribution in [0.4, 0.5) is 11.4 Å². The van der Waals surface area contributed by atoms with Gasteiger partial charge < -0.3 is 15.2 Å². The molecule has 47 heavy (non-hydrogen) atoms. The molecule has 2 N–H and O–H groups in total. The molecule has 0 aliphatic carbocycles. The number of nitrogen functional groups attached to an aromatic ring is 1. The lowest BCUT2D eigenvalue weighted by atomic mass is 9.97. The third kappa shape index (κ3) is 8.99. The van der Waals surface area contributed by atoms with Crippen LogP contribution in [-0.4, -0.2) is 35.0 Å². The van der Waals surface area contributed by atoms with Gasteiger partial charge in [-0.2, -0.15) is 0 Å². The Bertz CT molecular complexity index is 1840. The van der Waals surface area contributed by atoms with Gasteiger partial charge in [-0.25, -0.2) is 14.5 Å². The van der Waals surface area contributed by atoms with Gasteiger partial charge >= 0.3 is 11.9 Å². The molecule has 4 aromatic carbocycles. The van der Waals surface area contributed by atoms with Crippen LogP contribution in [0.1, 0.15) is 94.1 Å². The first kappa shape index (κ1) is 35.2. The summed E-state index contributed by atoms with van der Waals surface area (Å²) in [7, 11) is 0. The maximum absolute atomic E-state index is 13.0. The lowest BCUT2D eigenvalue weighted by molar-refractivity contribution is 0.00569. The molecule has 244 valence electrons. The van der Waals surface area contributed by atoms with Crippen LogP contribution in [-0.2, 0) is 15.9 Å². The fourth-order valence-corrected chi connectivity index (χ4v) is 5.04. The van der Waals surface area contributed by atoms with Crippen molar-refractivity contribution in [2.45, 2.75) is 59.2 Å². The number of hydrogen-bond acceptors (Lipinski definition) is 7. The van der Waals surface area contributed by atoms with Crippen LogP contribution in [0.2, 0.25) is 10.0 Å². The molecule has 4 aromatic rings. The number of anilines is 2. The van der Waals surface area contributed by atoms with E-state index in [2.05, 4.69) is 0 Å². The van der Waals surface area contributed by atoms with Gasteiger partial charge in [-0.15, -0.1) is 0 Å². The summed E-state index contributed by atoms with van der Waals surface area (Å²) in [6.45, 7) is 10.8. The van der Waals surface area contributed by atoms with E-state index in [1.165, 1.54) is 11.0 Å². The molecule has 0 spiro atoms. The molecule has 0 bridgehead atoms. The minimum atomic E-state index is -0.641. The molecule has 0 atom stereocenters. The number of carbonyl (C=O) groups excluding carboxylic acids is 4. The molecule has 0 fully saturated rings. The number of fused-ring (bicyclic) bond motifs is 1. The molecule has 0 saturated heterocycles. The first-order valence-corrected chi connectivity index (χ1v) is 15.6. The predicted molar refractivity (Wildman–Crippen MR) is 184 cm³/mol. The van der Waals surface area contributed by atoms with E-state index in [-0.39, 0.29) is 11.8 Å². The van der Waals surface area contributed by atoms with Gasteiger partial charge in [0.15, 0.2) is 0 Å². The molecule has 0 aromatic heterocycles. The Balaban J connectivity index is 0.000000280. The monoisotopic (exact) mass is 674 g/mol. The third-order valence-corrected chi connectivity index (χ3v) is 7.15. The highest BCUT2D eigenvalue weighted by atomic mass is 35.5. The van der Waals surface area contributed by atoms with Gasteiger partial charge in [0, 0.05) is 15.7 Å². The number of amides is 2. The topological polar surface area (TPSA) is 116 Å². The molecule has 1 aliphatic rings. The molecule has 10 heteroatoms. The summed E-state index contributed by atoms with van der Waals surface area (Å²) in [5.74, 6) is -1.62. The van der Waals surface area contributed by atoms with Crippen LogP contribution in [0.3, 0.4) is 0 Å². The summed E-state index contributed by atoms with van der Waals surface area (Å²) in [6, 6.07) is 23.8. The standard InChI is InChI=1S/C26H22ClNO4.C11H14ClNO2/c1-26(2,3)32-25(31)21-15-18(27)11-10-17(21)13-16-9-12-20-22(14-16)24(30)28(23(20)29)19-7-5-4-6-8-19;1-11(2,3)15-10(14)8-6-7(12)4-5-9(8)13/h4-12,14-15H,13H2,1-3H3;4-6H,13H2,1-3H3. The van der Waals surface area contributed by atoms with E-state index in [1.807, 2.05) is 6.07 Å². The highest BCUT2D eigenvalue weighted by Gasteiger charge is 2.36. The van der Waals surface area contributed by atoms with E-state index >= 15 is 0 Å². The number of para-hydroxylation sites is 1. The first-order valence-electron chi connectivity index (χ1n) is 14.8. The number of rotatable bonds is 5. The second kappa shape index (κ2) is 14.0. The summed E-state index contributed by atoms with van der Waals surface area (Å²) in [4.78, 5) is 51.4. The molecule has 1 heterocycles. The average Bonchev–Trinajstić information content (AvgIpc) is 3.23. The van der Waals surface area contributed by atoms with Gasteiger partial charge in [0.2, 0.25) is 0 Å². The summed E-state index contributed by atoms with van der Waals surface area (Å²) >= 11 is 11.9. The van der Waals surface area contributed by atoms with Crippen LogP contribution in [0.5, 0.6) is 0 Å². The SMILES string of the molecule is CC(C)(C)OC(=O)c1cc(Cl)ccc1Cc1ccc2c(c1)C(=O)N(c1ccccc1)C2=O.CC(C)(C)OC(=O)c1cc(Cl)ccc1N. The van der Waals surface area contributed by atoms with E-state index in [0.717, 1.165) is 11.1 Å². The van der Waals surface area contributed by atoms with Crippen molar-refractivity contribution in [1.29, 1.82) is 0 Å². The number of carbonyl (C=O) groups is 4. The van der Waals surface area contributed by atoms with Gasteiger partial charge in [0.05, 0.1) is 27.9 Å². The molecular weight excluding hydrogens is 639 g/mol. The molecule has 5 rings (SSSR count). The van der Waals surface area contributed by atoms with Crippen LogP contribution in [0.15, 0.2) is 84.9 Å². The lowest BCUT2D eigenvalue weighted by Crippen LogP contribution is -2.29. The number of hydrogen-bond donors (Lipinski definition) is 1. The number of esters is 2. The average molecular weight is 676 g/mol. The zero-order valence-corrected chi connectivity index (χ0v) is 28.5. The van der Waals surface area contributed by atoms with Crippen molar-refractivity contribution in [3.63, 3.8) is 0 Å². The van der Waals surface area contributed by atoms with Crippen LogP contribution in [0.25, 0.3) is 0 Å². The maximum Gasteiger partial charge on any atom is 0.340 e. The Morgan fingerprint density at radius 2 is 1.21 bits per heavy atom. The highest BCUT2D eigenvalue weighted by Crippen LogP contribution is 2.30. The fourth-order valence-electron chi connectivity index (χ4n) is 4.69. The fraction of sp³-hybridized carbons (Fsp3) is 0.243. The summed E-state index contributed by atoms with van der Waals surface area (Å²) in [6.07, 6.45) is 0.381. The number of nitrogens with two attached hydrogens (primary N) is 1. The maximum atomic E-state index is 13.0. The predicted octanol–water partition coefficient (Wildman–Crippen LogP) is 8.56. The normalized spacial score (nSPS) is 12.6. The minimum Gasteiger partial charge on any atom is -0.456 e. The number of imide groups is 1. The zero-order valence-electron chi connectivity index (χ0n) is 27.0. The second-order valence-corrected chi connectivity index (χ2v) is 13.7. The molecule has 1 aliphatic heterocycles. The van der Waals surface area contributed by atoms with Gasteiger partial charge in [-0.1, -0.05) is 53.5 Å². The Labute approximate surface area is 284 Å². The molecule has 0 saturated carbocycles. The number of halogens is 2. The van der Waals surface area contributed by atoms with E-state index in [0.29, 0.717) is 50.1 Å². The van der Waals surface area contributed by atoms with Crippen molar-refractivity contribution in [1.82, 2.24) is 0 Å². The summed E-state index contributed by atoms with van der Waals surface area (Å²) in [5.41, 5.74) is 8.29. The molecular formula is C37H36Cl2N2O6. The van der Waals surface area contributed by atoms with Crippen molar-refractivity contribution in [3.05, 3.63) is 128 Å². The van der Waals surface area contributed by atoms with Crippen molar-refractivity contribution in [2.24, 2.45) is 0 Å². The quantitative estimate of drug-likeness (QED) is 0.128. The van der Waals surface area contributed by atoms with Crippen molar-refractivity contribution < 1.29 is 28.7 Å². The van der Waals surface area contributed by atoms with Gasteiger partial charge in [0.1, 0.15) is 11.2 Å². The highest BCUT2D eigenvalue weighted by molar-refractivity contribution is 6.34. The van der Waals surface area contributed by atoms with Crippen LogP contribution in [0, 0.1) is 0 Å². The number of ether oxygens (including phenoxy) is 2. The largest absolute Gasteiger partial charge is 0.456 e. The van der Waals surface area contributed by atoms with Gasteiger partial charge in [-0.05, 0) is 114 Å². The van der Waals surface area contributed by atoms with E-state index in [4.69, 9.17) is 38.4 Å². The zero-order chi connectivity index (χ0) is 34.7. The van der Waals surface area contributed by atoms with Crippen LogP contribution < -0.4 is 10.6 Å².